The predicted octanol–water partition coefficient (Wildman–Crippen LogP) is 2.24. The Morgan fingerprint density at radius 1 is 1.62 bits per heavy atom. The lowest BCUT2D eigenvalue weighted by Gasteiger charge is -2.11. The molecule has 2 heteroatoms. The van der Waals surface area contributed by atoms with E-state index in [2.05, 4.69) is 19.9 Å². The van der Waals surface area contributed by atoms with E-state index >= 15 is 0 Å². The molecule has 0 aromatic rings. The van der Waals surface area contributed by atoms with Gasteiger partial charge in [0, 0.05) is 12.6 Å². The molecule has 1 saturated heterocycles. The fourth-order valence-corrected chi connectivity index (χ4v) is 1.76. The average molecular weight is 183 g/mol. The standard InChI is InChI=1S/C11H21NO/c1-9(2)8-10(12)5-6-11-4-3-7-13-11/h8,10-11H,3-7,12H2,1-2H3. The van der Waals surface area contributed by atoms with Crippen LogP contribution in [0.2, 0.25) is 0 Å². The molecule has 0 saturated carbocycles. The highest BCUT2D eigenvalue weighted by molar-refractivity contribution is 4.99. The molecule has 0 radical (unpaired) electrons. The minimum atomic E-state index is 0.217. The zero-order chi connectivity index (χ0) is 9.68. The third-order valence-corrected chi connectivity index (χ3v) is 2.39. The Balaban J connectivity index is 2.14. The van der Waals surface area contributed by atoms with Crippen LogP contribution in [-0.4, -0.2) is 18.8 Å². The van der Waals surface area contributed by atoms with Gasteiger partial charge in [-0.2, -0.15) is 0 Å². The van der Waals surface area contributed by atoms with Gasteiger partial charge >= 0.3 is 0 Å². The summed E-state index contributed by atoms with van der Waals surface area (Å²) in [5.74, 6) is 0. The summed E-state index contributed by atoms with van der Waals surface area (Å²) < 4.78 is 5.53. The molecule has 2 atom stereocenters. The fraction of sp³-hybridized carbons (Fsp3) is 0.818. The summed E-state index contributed by atoms with van der Waals surface area (Å²) in [4.78, 5) is 0. The molecule has 13 heavy (non-hydrogen) atoms. The molecule has 1 rings (SSSR count). The number of hydrogen-bond donors (Lipinski definition) is 1. The van der Waals surface area contributed by atoms with Crippen molar-refractivity contribution in [1.82, 2.24) is 0 Å². The van der Waals surface area contributed by atoms with E-state index in [1.165, 1.54) is 18.4 Å². The van der Waals surface area contributed by atoms with E-state index in [9.17, 15) is 0 Å². The molecule has 1 fully saturated rings. The van der Waals surface area contributed by atoms with E-state index in [1.807, 2.05) is 0 Å². The molecule has 0 bridgehead atoms. The summed E-state index contributed by atoms with van der Waals surface area (Å²) >= 11 is 0. The van der Waals surface area contributed by atoms with Crippen molar-refractivity contribution >= 4 is 0 Å². The number of ether oxygens (including phenoxy) is 1. The zero-order valence-electron chi connectivity index (χ0n) is 8.75. The van der Waals surface area contributed by atoms with Crippen LogP contribution in [0.4, 0.5) is 0 Å². The molecule has 1 aliphatic rings. The highest BCUT2D eigenvalue weighted by atomic mass is 16.5. The van der Waals surface area contributed by atoms with Crippen LogP contribution in [0.15, 0.2) is 11.6 Å². The molecule has 2 unspecified atom stereocenters. The molecule has 2 N–H and O–H groups in total. The molecule has 76 valence electrons. The van der Waals surface area contributed by atoms with Crippen molar-refractivity contribution in [2.45, 2.75) is 51.7 Å². The van der Waals surface area contributed by atoms with Crippen LogP contribution < -0.4 is 5.73 Å². The van der Waals surface area contributed by atoms with Gasteiger partial charge in [0.15, 0.2) is 0 Å². The van der Waals surface area contributed by atoms with Gasteiger partial charge in [-0.05, 0) is 39.5 Å². The Kier molecular flexibility index (Phi) is 4.46. The second kappa shape index (κ2) is 5.40. The normalized spacial score (nSPS) is 24.4. The van der Waals surface area contributed by atoms with Crippen molar-refractivity contribution in [3.63, 3.8) is 0 Å². The summed E-state index contributed by atoms with van der Waals surface area (Å²) in [5.41, 5.74) is 7.23. The number of hydrogen-bond acceptors (Lipinski definition) is 2. The number of nitrogens with two attached hydrogens (primary N) is 1. The molecule has 1 aliphatic heterocycles. The summed E-state index contributed by atoms with van der Waals surface area (Å²) in [5, 5.41) is 0. The third kappa shape index (κ3) is 4.44. The van der Waals surface area contributed by atoms with E-state index in [1.54, 1.807) is 0 Å². The molecule has 0 amide bonds. The highest BCUT2D eigenvalue weighted by Crippen LogP contribution is 2.17. The van der Waals surface area contributed by atoms with Gasteiger partial charge < -0.3 is 10.5 Å². The Bertz CT molecular complexity index is 167. The van der Waals surface area contributed by atoms with Crippen LogP contribution >= 0.6 is 0 Å². The molecule has 0 aliphatic carbocycles. The molecule has 2 nitrogen and oxygen atoms in total. The van der Waals surface area contributed by atoms with Gasteiger partial charge in [-0.15, -0.1) is 0 Å². The first-order valence-electron chi connectivity index (χ1n) is 5.20. The zero-order valence-corrected chi connectivity index (χ0v) is 8.75. The molecule has 0 aromatic carbocycles. The molecule has 0 spiro atoms. The smallest absolute Gasteiger partial charge is 0.0576 e. The van der Waals surface area contributed by atoms with Crippen LogP contribution in [0, 0.1) is 0 Å². The molecule has 0 aromatic heterocycles. The second-order valence-corrected chi connectivity index (χ2v) is 4.12. The SMILES string of the molecule is CC(C)=CC(N)CCC1CCCO1. The van der Waals surface area contributed by atoms with Crippen molar-refractivity contribution in [1.29, 1.82) is 0 Å². The quantitative estimate of drug-likeness (QED) is 0.678. The van der Waals surface area contributed by atoms with E-state index in [4.69, 9.17) is 10.5 Å². The van der Waals surface area contributed by atoms with Gasteiger partial charge in [-0.1, -0.05) is 11.6 Å². The summed E-state index contributed by atoms with van der Waals surface area (Å²) in [6.45, 7) is 5.13. The van der Waals surface area contributed by atoms with Crippen molar-refractivity contribution < 1.29 is 4.74 Å². The lowest BCUT2D eigenvalue weighted by atomic mass is 10.1. The van der Waals surface area contributed by atoms with Crippen molar-refractivity contribution in [3.8, 4) is 0 Å². The van der Waals surface area contributed by atoms with Crippen LogP contribution in [0.1, 0.15) is 39.5 Å². The van der Waals surface area contributed by atoms with Gasteiger partial charge in [-0.25, -0.2) is 0 Å². The molecular weight excluding hydrogens is 162 g/mol. The minimum absolute atomic E-state index is 0.217. The highest BCUT2D eigenvalue weighted by Gasteiger charge is 2.15. The van der Waals surface area contributed by atoms with E-state index in [-0.39, 0.29) is 6.04 Å². The monoisotopic (exact) mass is 183 g/mol. The Labute approximate surface area is 81.1 Å². The van der Waals surface area contributed by atoms with E-state index in [0.29, 0.717) is 6.10 Å². The van der Waals surface area contributed by atoms with E-state index < -0.39 is 0 Å². The fourth-order valence-electron chi connectivity index (χ4n) is 1.76. The molecular formula is C11H21NO. The lowest BCUT2D eigenvalue weighted by molar-refractivity contribution is 0.102. The second-order valence-electron chi connectivity index (χ2n) is 4.12. The Hall–Kier alpha value is -0.340. The van der Waals surface area contributed by atoms with Gasteiger partial charge in [0.2, 0.25) is 0 Å². The van der Waals surface area contributed by atoms with Crippen LogP contribution in [0.3, 0.4) is 0 Å². The number of allylic oxidation sites excluding steroid dienone is 1. The lowest BCUT2D eigenvalue weighted by Crippen LogP contribution is -2.19. The largest absolute Gasteiger partial charge is 0.378 e. The maximum Gasteiger partial charge on any atom is 0.0576 e. The van der Waals surface area contributed by atoms with Crippen molar-refractivity contribution in [2.75, 3.05) is 6.61 Å². The minimum Gasteiger partial charge on any atom is -0.378 e. The van der Waals surface area contributed by atoms with Crippen molar-refractivity contribution in [2.24, 2.45) is 5.73 Å². The summed E-state index contributed by atoms with van der Waals surface area (Å²) in [6.07, 6.45) is 7.23. The maximum atomic E-state index is 5.92. The first-order valence-corrected chi connectivity index (χ1v) is 5.20. The molecule has 1 heterocycles. The predicted molar refractivity (Wildman–Crippen MR) is 55.6 cm³/mol. The van der Waals surface area contributed by atoms with Crippen LogP contribution in [0.5, 0.6) is 0 Å². The van der Waals surface area contributed by atoms with Crippen LogP contribution in [-0.2, 0) is 4.74 Å². The van der Waals surface area contributed by atoms with Gasteiger partial charge in [0.1, 0.15) is 0 Å². The van der Waals surface area contributed by atoms with Gasteiger partial charge in [-0.3, -0.25) is 0 Å². The van der Waals surface area contributed by atoms with Gasteiger partial charge in [0.05, 0.1) is 6.10 Å². The Morgan fingerprint density at radius 2 is 2.38 bits per heavy atom. The van der Waals surface area contributed by atoms with Gasteiger partial charge in [0.25, 0.3) is 0 Å². The third-order valence-electron chi connectivity index (χ3n) is 2.39. The van der Waals surface area contributed by atoms with Crippen molar-refractivity contribution in [3.05, 3.63) is 11.6 Å². The Morgan fingerprint density at radius 3 is 2.92 bits per heavy atom. The first kappa shape index (κ1) is 10.7. The number of rotatable bonds is 4. The maximum absolute atomic E-state index is 5.92. The summed E-state index contributed by atoms with van der Waals surface area (Å²) in [6, 6.07) is 0.217. The topological polar surface area (TPSA) is 35.2 Å². The van der Waals surface area contributed by atoms with Crippen LogP contribution in [0.25, 0.3) is 0 Å². The first-order chi connectivity index (χ1) is 6.18. The van der Waals surface area contributed by atoms with E-state index in [0.717, 1.165) is 19.4 Å². The summed E-state index contributed by atoms with van der Waals surface area (Å²) in [7, 11) is 0. The average Bonchev–Trinajstić information content (AvgIpc) is 2.51.